The third kappa shape index (κ3) is 12.4. The largest absolute Gasteiger partial charge is 0.508 e. The van der Waals surface area contributed by atoms with Gasteiger partial charge in [0.1, 0.15) is 41.6 Å². The van der Waals surface area contributed by atoms with E-state index in [1.165, 1.54) is 28.0 Å². The fraction of sp³-hybridized carbons (Fsp3) is 0.197. The van der Waals surface area contributed by atoms with Gasteiger partial charge in [0.25, 0.3) is 11.8 Å². The standard InChI is InChI=1S/C66H60N6O8S2/c1-2-3-4-23-41-78-64(76)79-43-42-77-62(75)58-48(39-38-47-25-24-40-67-44-47)45-81-61-57(60(74)72(58)61)69-59(73)56(71-80-66(52-32-17-8-18-33-52,53-34-19-9-20-35-53)54-36-21-10-22-37-54)55-46-82-63(68-55)70-65(49-26-11-5-12-27-49,50-28-13-6-14-29-50)51-30-15-7-16-31-51/h5-22,24-40,44,46,57,61H,2-4,23,41-43,45H2,1H3,(H,68,70)(H,69,73)/b39-38-,71-56?/t57-,61+/m1/s1. The lowest BCUT2D eigenvalue weighted by atomic mass is 9.77. The first-order chi connectivity index (χ1) is 40.3. The topological polar surface area (TPSA) is 171 Å². The summed E-state index contributed by atoms with van der Waals surface area (Å²) >= 11 is 2.66. The summed E-state index contributed by atoms with van der Waals surface area (Å²) in [7, 11) is 0. The highest BCUT2D eigenvalue weighted by Crippen LogP contribution is 2.44. The number of ether oxygens (including phenoxy) is 3. The molecule has 16 heteroatoms. The Balaban J connectivity index is 0.998. The quantitative estimate of drug-likeness (QED) is 0.0147. The van der Waals surface area contributed by atoms with Gasteiger partial charge < -0.3 is 29.7 Å². The number of anilines is 1. The zero-order chi connectivity index (χ0) is 56.6. The van der Waals surface area contributed by atoms with Crippen LogP contribution in [0.2, 0.25) is 0 Å². The van der Waals surface area contributed by atoms with Crippen molar-refractivity contribution in [3.63, 3.8) is 0 Å². The third-order valence-corrected chi connectivity index (χ3v) is 16.1. The Morgan fingerprint density at radius 3 is 1.73 bits per heavy atom. The maximum atomic E-state index is 15.4. The summed E-state index contributed by atoms with van der Waals surface area (Å²) in [6, 6.07) is 61.8. The van der Waals surface area contributed by atoms with E-state index in [9.17, 15) is 14.4 Å². The van der Waals surface area contributed by atoms with Crippen LogP contribution in [0.25, 0.3) is 6.08 Å². The van der Waals surface area contributed by atoms with Crippen LogP contribution >= 0.6 is 23.1 Å². The Kier molecular flexibility index (Phi) is 18.4. The van der Waals surface area contributed by atoms with E-state index >= 15 is 4.79 Å². The van der Waals surface area contributed by atoms with E-state index in [0.717, 1.165) is 58.2 Å². The molecule has 10 rings (SSSR count). The zero-order valence-electron chi connectivity index (χ0n) is 45.0. The minimum absolute atomic E-state index is 0.00225. The monoisotopic (exact) mass is 1130 g/mol. The predicted molar refractivity (Wildman–Crippen MR) is 319 cm³/mol. The van der Waals surface area contributed by atoms with Crippen LogP contribution in [0.3, 0.4) is 0 Å². The second-order valence-electron chi connectivity index (χ2n) is 19.3. The van der Waals surface area contributed by atoms with Gasteiger partial charge in [-0.15, -0.1) is 23.1 Å². The molecule has 0 saturated carbocycles. The van der Waals surface area contributed by atoms with Crippen molar-refractivity contribution in [3.8, 4) is 0 Å². The molecule has 0 bridgehead atoms. The first-order valence-corrected chi connectivity index (χ1v) is 29.1. The number of nitrogens with zero attached hydrogens (tertiary/aromatic N) is 4. The lowest BCUT2D eigenvalue weighted by Crippen LogP contribution is -2.71. The number of aromatic nitrogens is 2. The summed E-state index contributed by atoms with van der Waals surface area (Å²) in [6.45, 7) is 1.76. The fourth-order valence-corrected chi connectivity index (χ4v) is 12.1. The number of hydrogen-bond acceptors (Lipinski definition) is 14. The number of amides is 2. The van der Waals surface area contributed by atoms with Gasteiger partial charge in [0.05, 0.1) is 6.61 Å². The molecule has 2 amide bonds. The van der Waals surface area contributed by atoms with Crippen LogP contribution in [0, 0.1) is 0 Å². The molecule has 0 spiro atoms. The van der Waals surface area contributed by atoms with Crippen molar-refractivity contribution < 1.29 is 38.2 Å². The second-order valence-corrected chi connectivity index (χ2v) is 21.3. The first kappa shape index (κ1) is 56.2. The number of β-lactam (4-membered cyclic amide) rings is 1. The van der Waals surface area contributed by atoms with E-state index < -0.39 is 46.5 Å². The Bertz CT molecular complexity index is 3330. The molecule has 0 radical (unpaired) electrons. The lowest BCUT2D eigenvalue weighted by molar-refractivity contribution is -0.153. The minimum atomic E-state index is -1.39. The number of carbonyl (C=O) groups excluding carboxylic acids is 4. The molecule has 2 atom stereocenters. The number of hydrogen-bond donors (Lipinski definition) is 2. The molecule has 6 aromatic carbocycles. The molecule has 4 heterocycles. The number of carbonyl (C=O) groups is 4. The van der Waals surface area contributed by atoms with E-state index in [0.29, 0.717) is 17.1 Å². The lowest BCUT2D eigenvalue weighted by Gasteiger charge is -2.49. The molecule has 0 aliphatic carbocycles. The SMILES string of the molecule is CCCCCCOC(=O)OCCOC(=O)C1=C(/C=C\c2cccnc2)CS[C@H]2[C@H](NC(=O)C(=NOC(c3ccccc3)(c3ccccc3)c3ccccc3)c3csc(NC(c4ccccc4)(c4ccccc4)c4ccccc4)n3)C(=O)N12. The number of unbranched alkanes of at least 4 members (excludes halogenated alkanes) is 3. The summed E-state index contributed by atoms with van der Waals surface area (Å²) in [5, 5.41) is 13.1. The fourth-order valence-electron chi connectivity index (χ4n) is 10.1. The number of thioether (sulfide) groups is 1. The van der Waals surface area contributed by atoms with E-state index in [2.05, 4.69) is 58.9 Å². The van der Waals surface area contributed by atoms with Gasteiger partial charge in [-0.2, -0.15) is 0 Å². The number of esters is 1. The highest BCUT2D eigenvalue weighted by atomic mass is 32.2. The summed E-state index contributed by atoms with van der Waals surface area (Å²) in [4.78, 5) is 74.2. The van der Waals surface area contributed by atoms with Crippen LogP contribution in [0.1, 0.15) is 77.2 Å². The summed E-state index contributed by atoms with van der Waals surface area (Å²) in [6.07, 6.45) is 9.75. The molecule has 14 nitrogen and oxygen atoms in total. The number of fused-ring (bicyclic) bond motifs is 1. The Hall–Kier alpha value is -9.12. The number of oxime groups is 1. The van der Waals surface area contributed by atoms with E-state index in [-0.39, 0.29) is 42.7 Å². The predicted octanol–water partition coefficient (Wildman–Crippen LogP) is 12.3. The molecule has 8 aromatic rings. The van der Waals surface area contributed by atoms with Crippen LogP contribution in [0.5, 0.6) is 0 Å². The Morgan fingerprint density at radius 1 is 0.659 bits per heavy atom. The van der Waals surface area contributed by atoms with Crippen LogP contribution < -0.4 is 10.6 Å². The highest BCUT2D eigenvalue weighted by Gasteiger charge is 2.55. The highest BCUT2D eigenvalue weighted by molar-refractivity contribution is 8.00. The van der Waals surface area contributed by atoms with Crippen LogP contribution in [0.15, 0.2) is 234 Å². The van der Waals surface area contributed by atoms with Gasteiger partial charge in [-0.1, -0.05) is 232 Å². The molecule has 2 N–H and O–H groups in total. The Morgan fingerprint density at radius 2 is 1.20 bits per heavy atom. The maximum Gasteiger partial charge on any atom is 0.508 e. The number of rotatable bonds is 24. The van der Waals surface area contributed by atoms with Crippen LogP contribution in [0.4, 0.5) is 9.93 Å². The van der Waals surface area contributed by atoms with Crippen molar-refractivity contribution in [2.24, 2.45) is 5.16 Å². The average Bonchev–Trinajstić information content (AvgIpc) is 2.63. The number of allylic oxidation sites excluding steroid dienone is 1. The van der Waals surface area contributed by atoms with Gasteiger partial charge in [-0.05, 0) is 40.3 Å². The van der Waals surface area contributed by atoms with Crippen molar-refractivity contribution in [2.45, 2.75) is 55.2 Å². The van der Waals surface area contributed by atoms with Gasteiger partial charge in [0.2, 0.25) is 5.60 Å². The van der Waals surface area contributed by atoms with Crippen LogP contribution in [-0.2, 0) is 44.6 Å². The summed E-state index contributed by atoms with van der Waals surface area (Å²) in [5.74, 6) is -1.84. The number of nitrogens with one attached hydrogen (secondary N) is 2. The first-order valence-electron chi connectivity index (χ1n) is 27.2. The maximum absolute atomic E-state index is 15.4. The van der Waals surface area contributed by atoms with Gasteiger partial charge in [0, 0.05) is 40.2 Å². The van der Waals surface area contributed by atoms with E-state index in [1.54, 1.807) is 36.0 Å². The van der Waals surface area contributed by atoms with Gasteiger partial charge in [-0.3, -0.25) is 19.5 Å². The van der Waals surface area contributed by atoms with Crippen molar-refractivity contribution in [1.29, 1.82) is 0 Å². The molecule has 2 aromatic heterocycles. The third-order valence-electron chi connectivity index (χ3n) is 14.1. The molecule has 414 valence electrons. The van der Waals surface area contributed by atoms with Crippen molar-refractivity contribution in [3.05, 3.63) is 274 Å². The molecular weight excluding hydrogens is 1070 g/mol. The second kappa shape index (κ2) is 26.9. The van der Waals surface area contributed by atoms with E-state index in [1.807, 2.05) is 152 Å². The smallest absolute Gasteiger partial charge is 0.457 e. The van der Waals surface area contributed by atoms with Gasteiger partial charge >= 0.3 is 12.1 Å². The summed E-state index contributed by atoms with van der Waals surface area (Å²) in [5.41, 5.74) is 3.96. The van der Waals surface area contributed by atoms with Crippen molar-refractivity contribution in [2.75, 3.05) is 30.9 Å². The molecule has 2 aliphatic heterocycles. The number of benzene rings is 6. The normalized spacial score (nSPS) is 15.3. The molecule has 2 aliphatic rings. The van der Waals surface area contributed by atoms with Crippen LogP contribution in [-0.4, -0.2) is 81.5 Å². The molecule has 1 saturated heterocycles. The molecule has 0 unspecified atom stereocenters. The average molecular weight is 1130 g/mol. The van der Waals surface area contributed by atoms with Crippen molar-refractivity contribution >= 4 is 64.0 Å². The Labute approximate surface area is 484 Å². The molecular formula is C66H60N6O8S2. The zero-order valence-corrected chi connectivity index (χ0v) is 46.7. The minimum Gasteiger partial charge on any atom is -0.457 e. The van der Waals surface area contributed by atoms with Crippen molar-refractivity contribution in [1.82, 2.24) is 20.2 Å². The number of pyridine rings is 1. The molecule has 1 fully saturated rings. The number of thiazole rings is 1. The van der Waals surface area contributed by atoms with Gasteiger partial charge in [-0.25, -0.2) is 14.6 Å². The van der Waals surface area contributed by atoms with Gasteiger partial charge in [0.15, 0.2) is 10.8 Å². The van der Waals surface area contributed by atoms with E-state index in [4.69, 9.17) is 29.2 Å². The summed E-state index contributed by atoms with van der Waals surface area (Å²) < 4.78 is 16.0. The molecule has 82 heavy (non-hydrogen) atoms.